The number of nitrogens with one attached hydrogen (secondary N) is 1. The molecule has 1 aliphatic rings. The summed E-state index contributed by atoms with van der Waals surface area (Å²) in [7, 11) is 0. The van der Waals surface area contributed by atoms with Crippen molar-refractivity contribution in [3.63, 3.8) is 0 Å². The molecule has 0 saturated heterocycles. The molecule has 1 atom stereocenters. The van der Waals surface area contributed by atoms with E-state index in [2.05, 4.69) is 25.3 Å². The second-order valence-electron chi connectivity index (χ2n) is 6.73. The maximum absolute atomic E-state index is 6.24. The van der Waals surface area contributed by atoms with Gasteiger partial charge in [-0.1, -0.05) is 23.2 Å². The van der Waals surface area contributed by atoms with Gasteiger partial charge in [-0.3, -0.25) is 14.8 Å². The quantitative estimate of drug-likeness (QED) is 0.527. The molecular weight excluding hydrogens is 399 g/mol. The van der Waals surface area contributed by atoms with Crippen molar-refractivity contribution in [2.75, 3.05) is 0 Å². The number of ether oxygens (including phenoxy) is 1. The van der Waals surface area contributed by atoms with Crippen LogP contribution in [-0.4, -0.2) is 29.9 Å². The fraction of sp³-hybridized carbons (Fsp3) is 0.263. The van der Waals surface area contributed by atoms with E-state index in [0.29, 0.717) is 21.5 Å². The van der Waals surface area contributed by atoms with Crippen LogP contribution in [0.25, 0.3) is 22.3 Å². The molecule has 0 radical (unpaired) electrons. The average molecular weight is 415 g/mol. The maximum Gasteiger partial charge on any atom is 0.214 e. The third-order valence-electron chi connectivity index (χ3n) is 4.96. The van der Waals surface area contributed by atoms with Gasteiger partial charge in [0.15, 0.2) is 0 Å². The molecule has 0 amide bonds. The standard InChI is InChI=1S/C19H16Cl2N6O/c1-10(17-12(20)8-22-9-13(17)21)28-16-5-4-14-19(24-16)18(26-25-14)11-7-23-27-6-2-3-15(11)27/h4-5,7-10H,2-3,6H2,1H3,(H,25,26)/t10-/m1/s1. The van der Waals surface area contributed by atoms with Crippen LogP contribution in [0.2, 0.25) is 10.0 Å². The highest BCUT2D eigenvalue weighted by atomic mass is 35.5. The summed E-state index contributed by atoms with van der Waals surface area (Å²) in [6.45, 7) is 2.82. The number of hydrogen-bond acceptors (Lipinski definition) is 5. The molecule has 7 nitrogen and oxygen atoms in total. The van der Waals surface area contributed by atoms with Gasteiger partial charge in [-0.2, -0.15) is 10.2 Å². The fourth-order valence-electron chi connectivity index (χ4n) is 3.65. The lowest BCUT2D eigenvalue weighted by Gasteiger charge is -2.16. The van der Waals surface area contributed by atoms with Gasteiger partial charge in [-0.15, -0.1) is 0 Å². The van der Waals surface area contributed by atoms with Crippen LogP contribution in [0.5, 0.6) is 5.88 Å². The Morgan fingerprint density at radius 1 is 1.18 bits per heavy atom. The topological polar surface area (TPSA) is 81.5 Å². The van der Waals surface area contributed by atoms with Crippen molar-refractivity contribution in [1.29, 1.82) is 0 Å². The van der Waals surface area contributed by atoms with Crippen molar-refractivity contribution >= 4 is 34.2 Å². The minimum absolute atomic E-state index is 0.385. The second kappa shape index (κ2) is 6.76. The third kappa shape index (κ3) is 2.82. The lowest BCUT2D eigenvalue weighted by Crippen LogP contribution is -2.06. The van der Waals surface area contributed by atoms with Crippen LogP contribution in [0.4, 0.5) is 0 Å². The van der Waals surface area contributed by atoms with Crippen LogP contribution in [0.3, 0.4) is 0 Å². The Kier molecular flexibility index (Phi) is 4.21. The first-order valence-corrected chi connectivity index (χ1v) is 9.73. The Balaban J connectivity index is 1.51. The van der Waals surface area contributed by atoms with Gasteiger partial charge < -0.3 is 4.74 Å². The summed E-state index contributed by atoms with van der Waals surface area (Å²) < 4.78 is 8.07. The van der Waals surface area contributed by atoms with Crippen LogP contribution in [0.15, 0.2) is 30.7 Å². The van der Waals surface area contributed by atoms with E-state index < -0.39 is 0 Å². The number of rotatable bonds is 4. The maximum atomic E-state index is 6.24. The molecule has 9 heteroatoms. The number of pyridine rings is 2. The van der Waals surface area contributed by atoms with Crippen molar-refractivity contribution in [3.05, 3.63) is 52.0 Å². The van der Waals surface area contributed by atoms with E-state index in [-0.39, 0.29) is 6.10 Å². The van der Waals surface area contributed by atoms with E-state index >= 15 is 0 Å². The molecule has 1 aliphatic heterocycles. The highest BCUT2D eigenvalue weighted by Gasteiger charge is 2.22. The van der Waals surface area contributed by atoms with Gasteiger partial charge >= 0.3 is 0 Å². The Hall–Kier alpha value is -2.64. The van der Waals surface area contributed by atoms with E-state index in [4.69, 9.17) is 27.9 Å². The minimum atomic E-state index is -0.385. The molecule has 5 rings (SSSR count). The average Bonchev–Trinajstić information content (AvgIpc) is 3.36. The first-order valence-electron chi connectivity index (χ1n) is 8.97. The number of aromatic nitrogens is 6. The van der Waals surface area contributed by atoms with Gasteiger partial charge in [-0.05, 0) is 25.8 Å². The molecule has 5 heterocycles. The molecule has 0 fully saturated rings. The molecule has 0 aromatic carbocycles. The van der Waals surface area contributed by atoms with Crippen molar-refractivity contribution in [1.82, 2.24) is 29.9 Å². The Bertz CT molecular complexity index is 1160. The van der Waals surface area contributed by atoms with Crippen LogP contribution >= 0.6 is 23.2 Å². The molecule has 28 heavy (non-hydrogen) atoms. The smallest absolute Gasteiger partial charge is 0.214 e. The summed E-state index contributed by atoms with van der Waals surface area (Å²) >= 11 is 12.5. The van der Waals surface area contributed by atoms with Gasteiger partial charge in [0.2, 0.25) is 5.88 Å². The highest BCUT2D eigenvalue weighted by molar-refractivity contribution is 6.35. The van der Waals surface area contributed by atoms with E-state index in [1.54, 1.807) is 18.5 Å². The number of nitrogens with zero attached hydrogens (tertiary/aromatic N) is 5. The Labute approximate surface area is 170 Å². The summed E-state index contributed by atoms with van der Waals surface area (Å²) in [6, 6.07) is 3.70. The van der Waals surface area contributed by atoms with Crippen molar-refractivity contribution in [2.24, 2.45) is 0 Å². The Morgan fingerprint density at radius 3 is 2.82 bits per heavy atom. The summed E-state index contributed by atoms with van der Waals surface area (Å²) in [5, 5.41) is 12.9. The SMILES string of the molecule is C[C@@H](Oc1ccc2[nH]nc(-c3cnn4c3CCC4)c2n1)c1c(Cl)cncc1Cl. The normalized spacial score (nSPS) is 14.4. The minimum Gasteiger partial charge on any atom is -0.470 e. The van der Waals surface area contributed by atoms with Crippen molar-refractivity contribution in [2.45, 2.75) is 32.4 Å². The zero-order valence-corrected chi connectivity index (χ0v) is 16.5. The number of aromatic amines is 1. The van der Waals surface area contributed by atoms with Gasteiger partial charge in [0.25, 0.3) is 0 Å². The number of halogens is 2. The fourth-order valence-corrected chi connectivity index (χ4v) is 4.32. The first kappa shape index (κ1) is 17.5. The molecule has 0 aliphatic carbocycles. The summed E-state index contributed by atoms with van der Waals surface area (Å²) in [4.78, 5) is 8.67. The number of hydrogen-bond donors (Lipinski definition) is 1. The highest BCUT2D eigenvalue weighted by Crippen LogP contribution is 2.34. The largest absolute Gasteiger partial charge is 0.470 e. The van der Waals surface area contributed by atoms with Crippen LogP contribution in [0, 0.1) is 0 Å². The molecule has 0 bridgehead atoms. The zero-order valence-electron chi connectivity index (χ0n) is 15.0. The molecular formula is C19H16Cl2N6O. The van der Waals surface area contributed by atoms with Crippen molar-refractivity contribution in [3.8, 4) is 17.1 Å². The van der Waals surface area contributed by atoms with E-state index in [0.717, 1.165) is 41.7 Å². The molecule has 4 aromatic rings. The zero-order chi connectivity index (χ0) is 19.3. The van der Waals surface area contributed by atoms with Crippen LogP contribution < -0.4 is 4.74 Å². The summed E-state index contributed by atoms with van der Waals surface area (Å²) in [5.74, 6) is 0.468. The van der Waals surface area contributed by atoms with Crippen molar-refractivity contribution < 1.29 is 4.74 Å². The predicted molar refractivity (Wildman–Crippen MR) is 107 cm³/mol. The first-order chi connectivity index (χ1) is 13.6. The monoisotopic (exact) mass is 414 g/mol. The molecule has 0 saturated carbocycles. The van der Waals surface area contributed by atoms with Gasteiger partial charge in [0.05, 0.1) is 21.8 Å². The van der Waals surface area contributed by atoms with E-state index in [1.165, 1.54) is 5.69 Å². The lowest BCUT2D eigenvalue weighted by molar-refractivity contribution is 0.218. The van der Waals surface area contributed by atoms with Gasteiger partial charge in [0.1, 0.15) is 17.3 Å². The summed E-state index contributed by atoms with van der Waals surface area (Å²) in [5.41, 5.74) is 5.28. The van der Waals surface area contributed by atoms with E-state index in [9.17, 15) is 0 Å². The van der Waals surface area contributed by atoms with Gasteiger partial charge in [-0.25, -0.2) is 4.98 Å². The number of aryl methyl sites for hydroxylation is 1. The lowest BCUT2D eigenvalue weighted by atomic mass is 10.1. The molecule has 0 unspecified atom stereocenters. The Morgan fingerprint density at radius 2 is 2.00 bits per heavy atom. The van der Waals surface area contributed by atoms with Crippen LogP contribution in [0.1, 0.15) is 30.7 Å². The second-order valence-corrected chi connectivity index (χ2v) is 7.54. The molecule has 0 spiro atoms. The number of fused-ring (bicyclic) bond motifs is 2. The van der Waals surface area contributed by atoms with Crippen LogP contribution in [-0.2, 0) is 13.0 Å². The molecule has 1 N–H and O–H groups in total. The third-order valence-corrected chi connectivity index (χ3v) is 5.57. The summed E-state index contributed by atoms with van der Waals surface area (Å²) in [6.07, 6.45) is 6.67. The molecule has 4 aromatic heterocycles. The van der Waals surface area contributed by atoms with Gasteiger partial charge in [0, 0.05) is 41.8 Å². The molecule has 142 valence electrons. The number of H-pyrrole nitrogens is 1. The van der Waals surface area contributed by atoms with E-state index in [1.807, 2.05) is 23.9 Å². The predicted octanol–water partition coefficient (Wildman–Crippen LogP) is 4.61.